The van der Waals surface area contributed by atoms with E-state index in [2.05, 4.69) is 48.3 Å². The van der Waals surface area contributed by atoms with Gasteiger partial charge >= 0.3 is 0 Å². The van der Waals surface area contributed by atoms with E-state index in [9.17, 15) is 4.79 Å². The Kier molecular flexibility index (Phi) is 5.02. The largest absolute Gasteiger partial charge is 0.454 e. The zero-order valence-electron chi connectivity index (χ0n) is 17.8. The number of para-hydroxylation sites is 1. The Bertz CT molecular complexity index is 1110. The van der Waals surface area contributed by atoms with Gasteiger partial charge in [-0.25, -0.2) is 0 Å². The second-order valence-electron chi connectivity index (χ2n) is 8.35. The van der Waals surface area contributed by atoms with Gasteiger partial charge in [0.1, 0.15) is 6.04 Å². The highest BCUT2D eigenvalue weighted by Gasteiger charge is 2.33. The number of anilines is 2. The minimum atomic E-state index is -0.470. The van der Waals surface area contributed by atoms with Crippen LogP contribution in [0.25, 0.3) is 0 Å². The molecule has 2 aliphatic heterocycles. The van der Waals surface area contributed by atoms with Crippen molar-refractivity contribution >= 4 is 17.3 Å². The molecule has 5 rings (SSSR count). The summed E-state index contributed by atoms with van der Waals surface area (Å²) in [5.74, 6) is 1.79. The molecular formula is C26H26N2O3. The third kappa shape index (κ3) is 3.72. The van der Waals surface area contributed by atoms with Crippen molar-refractivity contribution in [1.82, 2.24) is 0 Å². The van der Waals surface area contributed by atoms with E-state index in [1.165, 1.54) is 11.1 Å². The Morgan fingerprint density at radius 1 is 0.935 bits per heavy atom. The lowest BCUT2D eigenvalue weighted by Gasteiger charge is -2.30. The average Bonchev–Trinajstić information content (AvgIpc) is 3.41. The molecule has 2 heterocycles. The third-order valence-electron chi connectivity index (χ3n) is 6.04. The number of hydrogen-bond donors (Lipinski definition) is 1. The van der Waals surface area contributed by atoms with Crippen LogP contribution in [0.4, 0.5) is 11.4 Å². The van der Waals surface area contributed by atoms with Crippen LogP contribution in [0.2, 0.25) is 0 Å². The summed E-state index contributed by atoms with van der Waals surface area (Å²) in [5.41, 5.74) is 5.31. The Balaban J connectivity index is 1.49. The zero-order valence-corrected chi connectivity index (χ0v) is 17.8. The van der Waals surface area contributed by atoms with Crippen LogP contribution in [-0.4, -0.2) is 19.2 Å². The monoisotopic (exact) mass is 414 g/mol. The van der Waals surface area contributed by atoms with Gasteiger partial charge in [0, 0.05) is 17.9 Å². The molecule has 5 nitrogen and oxygen atoms in total. The summed E-state index contributed by atoms with van der Waals surface area (Å²) in [4.78, 5) is 15.8. The first kappa shape index (κ1) is 19.5. The molecule has 0 spiro atoms. The molecular weight excluding hydrogens is 388 g/mol. The van der Waals surface area contributed by atoms with Crippen molar-refractivity contribution in [2.45, 2.75) is 32.2 Å². The quantitative estimate of drug-likeness (QED) is 0.617. The maximum Gasteiger partial charge on any atom is 0.251 e. The Morgan fingerprint density at radius 3 is 2.48 bits per heavy atom. The van der Waals surface area contributed by atoms with Gasteiger partial charge < -0.3 is 19.7 Å². The van der Waals surface area contributed by atoms with E-state index in [1.807, 2.05) is 42.5 Å². The molecule has 0 saturated heterocycles. The van der Waals surface area contributed by atoms with Gasteiger partial charge in [-0.3, -0.25) is 4.79 Å². The van der Waals surface area contributed by atoms with Crippen LogP contribution >= 0.6 is 0 Å². The second kappa shape index (κ2) is 7.99. The van der Waals surface area contributed by atoms with Gasteiger partial charge in [-0.1, -0.05) is 50.2 Å². The van der Waals surface area contributed by atoms with Gasteiger partial charge in [-0.15, -0.1) is 0 Å². The van der Waals surface area contributed by atoms with E-state index in [1.54, 1.807) is 0 Å². The number of ether oxygens (including phenoxy) is 2. The predicted octanol–water partition coefficient (Wildman–Crippen LogP) is 5.28. The van der Waals surface area contributed by atoms with Gasteiger partial charge in [0.15, 0.2) is 11.5 Å². The topological polar surface area (TPSA) is 50.8 Å². The number of amides is 1. The number of nitrogens with one attached hydrogen (secondary N) is 1. The molecule has 1 unspecified atom stereocenters. The molecule has 1 N–H and O–H groups in total. The smallest absolute Gasteiger partial charge is 0.251 e. The van der Waals surface area contributed by atoms with Crippen LogP contribution in [0, 0.1) is 0 Å². The summed E-state index contributed by atoms with van der Waals surface area (Å²) in [5, 5.41) is 3.13. The third-order valence-corrected chi connectivity index (χ3v) is 6.04. The van der Waals surface area contributed by atoms with E-state index in [0.717, 1.165) is 29.9 Å². The summed E-state index contributed by atoms with van der Waals surface area (Å²) < 4.78 is 11.0. The fourth-order valence-electron chi connectivity index (χ4n) is 4.35. The van der Waals surface area contributed by atoms with E-state index in [0.29, 0.717) is 17.4 Å². The van der Waals surface area contributed by atoms with Gasteiger partial charge in [-0.2, -0.15) is 0 Å². The molecule has 1 amide bonds. The number of hydrogen-bond acceptors (Lipinski definition) is 4. The fourth-order valence-corrected chi connectivity index (χ4v) is 4.35. The first-order chi connectivity index (χ1) is 15.1. The molecule has 0 aromatic heterocycles. The first-order valence-corrected chi connectivity index (χ1v) is 10.7. The van der Waals surface area contributed by atoms with Crippen molar-refractivity contribution in [2.75, 3.05) is 23.6 Å². The zero-order chi connectivity index (χ0) is 21.4. The molecule has 158 valence electrons. The van der Waals surface area contributed by atoms with Crippen LogP contribution in [0.15, 0.2) is 66.7 Å². The van der Waals surface area contributed by atoms with Crippen LogP contribution in [0.3, 0.4) is 0 Å². The SMILES string of the molecule is CC(C)c1ccc(NC(=O)C(c2ccc3c(c2)OCO3)N2CCc3ccccc32)cc1. The summed E-state index contributed by atoms with van der Waals surface area (Å²) in [6, 6.07) is 21.7. The van der Waals surface area contributed by atoms with Gasteiger partial charge in [-0.05, 0) is 59.4 Å². The van der Waals surface area contributed by atoms with E-state index in [4.69, 9.17) is 9.47 Å². The van der Waals surface area contributed by atoms with Crippen LogP contribution in [0.1, 0.15) is 42.5 Å². The van der Waals surface area contributed by atoms with Crippen molar-refractivity contribution in [3.8, 4) is 11.5 Å². The predicted molar refractivity (Wildman–Crippen MR) is 122 cm³/mol. The van der Waals surface area contributed by atoms with Crippen molar-refractivity contribution in [3.63, 3.8) is 0 Å². The van der Waals surface area contributed by atoms with Crippen LogP contribution < -0.4 is 19.7 Å². The standard InChI is InChI=1S/C26H26N2O3/c1-17(2)18-7-10-21(11-8-18)27-26(29)25(20-9-12-23-24(15-20)31-16-30-23)28-14-13-19-5-3-4-6-22(19)28/h3-12,15,17,25H,13-14,16H2,1-2H3,(H,27,29). The Morgan fingerprint density at radius 2 is 1.68 bits per heavy atom. The molecule has 1 atom stereocenters. The van der Waals surface area contributed by atoms with Crippen LogP contribution in [0.5, 0.6) is 11.5 Å². The first-order valence-electron chi connectivity index (χ1n) is 10.7. The molecule has 3 aromatic rings. The number of fused-ring (bicyclic) bond motifs is 2. The van der Waals surface area contributed by atoms with E-state index >= 15 is 0 Å². The number of benzene rings is 3. The van der Waals surface area contributed by atoms with Crippen molar-refractivity contribution in [2.24, 2.45) is 0 Å². The minimum absolute atomic E-state index is 0.0622. The van der Waals surface area contributed by atoms with Crippen LogP contribution in [-0.2, 0) is 11.2 Å². The highest BCUT2D eigenvalue weighted by molar-refractivity contribution is 5.98. The second-order valence-corrected chi connectivity index (χ2v) is 8.35. The molecule has 3 aromatic carbocycles. The normalized spacial score (nSPS) is 15.1. The van der Waals surface area contributed by atoms with Crippen molar-refractivity contribution in [1.29, 1.82) is 0 Å². The number of rotatable bonds is 5. The molecule has 2 aliphatic rings. The molecule has 31 heavy (non-hydrogen) atoms. The lowest BCUT2D eigenvalue weighted by Crippen LogP contribution is -2.36. The lowest BCUT2D eigenvalue weighted by molar-refractivity contribution is -0.117. The molecule has 0 aliphatic carbocycles. The molecule has 0 fully saturated rings. The number of nitrogens with zero attached hydrogens (tertiary/aromatic N) is 1. The Labute approximate surface area is 182 Å². The summed E-state index contributed by atoms with van der Waals surface area (Å²) in [6.07, 6.45) is 0.924. The molecule has 0 saturated carbocycles. The van der Waals surface area contributed by atoms with E-state index in [-0.39, 0.29) is 12.7 Å². The number of carbonyl (C=O) groups is 1. The summed E-state index contributed by atoms with van der Waals surface area (Å²) >= 11 is 0. The Hall–Kier alpha value is -3.47. The summed E-state index contributed by atoms with van der Waals surface area (Å²) in [7, 11) is 0. The fraction of sp³-hybridized carbons (Fsp3) is 0.269. The highest BCUT2D eigenvalue weighted by Crippen LogP contribution is 2.40. The lowest BCUT2D eigenvalue weighted by atomic mass is 10.0. The molecule has 0 radical (unpaired) electrons. The average molecular weight is 415 g/mol. The van der Waals surface area contributed by atoms with Gasteiger partial charge in [0.2, 0.25) is 6.79 Å². The molecule has 0 bridgehead atoms. The maximum atomic E-state index is 13.6. The number of carbonyl (C=O) groups excluding carboxylic acids is 1. The van der Waals surface area contributed by atoms with Gasteiger partial charge in [0.05, 0.1) is 0 Å². The minimum Gasteiger partial charge on any atom is -0.454 e. The molecule has 5 heteroatoms. The van der Waals surface area contributed by atoms with Gasteiger partial charge in [0.25, 0.3) is 5.91 Å². The van der Waals surface area contributed by atoms with E-state index < -0.39 is 6.04 Å². The van der Waals surface area contributed by atoms with Crippen molar-refractivity contribution in [3.05, 3.63) is 83.4 Å². The van der Waals surface area contributed by atoms with Crippen molar-refractivity contribution < 1.29 is 14.3 Å². The maximum absolute atomic E-state index is 13.6. The highest BCUT2D eigenvalue weighted by atomic mass is 16.7. The summed E-state index contributed by atoms with van der Waals surface area (Å²) in [6.45, 7) is 5.32.